The van der Waals surface area contributed by atoms with Gasteiger partial charge in [0.05, 0.1) is 59.7 Å². The fraction of sp³-hybridized carbons (Fsp3) is 0.636. The number of hydrogen-bond acceptors (Lipinski definition) is 13. The van der Waals surface area contributed by atoms with Crippen LogP contribution in [0, 0.1) is 0 Å². The molecule has 84 heavy (non-hydrogen) atoms. The summed E-state index contributed by atoms with van der Waals surface area (Å²) in [5.74, 6) is 2.08. The predicted molar refractivity (Wildman–Crippen MR) is 331 cm³/mol. The molecule has 0 fully saturated rings. The van der Waals surface area contributed by atoms with E-state index in [9.17, 15) is 18.9 Å². The zero-order chi connectivity index (χ0) is 59.6. The molecule has 4 atom stereocenters. The standard InChI is InChI=1S/C44H71O8P.C22H37O6P.2Na/c1-5-9-11-13-15-17-19-21-39-23-27-41(28-24-39)49-35-43(33-47-31-7-3)51-37-53(45,46)38-52-44(34-48-32-8-4)36-50-42-29-25-40(26-30-42)22-20-18-16-14-12-10-6-2;1-3-5-6-7-8-9-10-11-20-12-14-21(15-13-20)27-18-22(17-26-16-4-2)28-19-29(23,24)25;;/h7-8,23-30,43-44H,3-6,9-22,31-38H2,1-2H3,(H,45,46);4,12-15,22H,2-3,5-11,16-19H2,1H3,(H2,23,24,25);;/q;;2*+1/p-2. The molecule has 466 valence electrons. The molecular formula is C66H106Na2O14P2. The van der Waals surface area contributed by atoms with Crippen molar-refractivity contribution in [3.63, 3.8) is 0 Å². The molecule has 0 aromatic heterocycles. The normalized spacial score (nSPS) is 13.5. The van der Waals surface area contributed by atoms with Crippen LogP contribution >= 0.6 is 15.0 Å². The van der Waals surface area contributed by atoms with Crippen LogP contribution in [0.4, 0.5) is 0 Å². The maximum absolute atomic E-state index is 13.1. The Balaban J connectivity index is 0.00000188. The van der Waals surface area contributed by atoms with E-state index in [1.807, 2.05) is 36.4 Å². The Morgan fingerprint density at radius 3 is 0.905 bits per heavy atom. The number of benzene rings is 3. The molecular weight excluding hydrogens is 1120 g/mol. The summed E-state index contributed by atoms with van der Waals surface area (Å²) in [4.78, 5) is 32.8. The maximum Gasteiger partial charge on any atom is 1.00 e. The largest absolute Gasteiger partial charge is 1.00 e. The number of hydrogen-bond donors (Lipinski definition) is 1. The Morgan fingerprint density at radius 1 is 0.405 bits per heavy atom. The van der Waals surface area contributed by atoms with Gasteiger partial charge in [-0.25, -0.2) is 0 Å². The first-order valence-electron chi connectivity index (χ1n) is 30.7. The second kappa shape index (κ2) is 55.4. The molecule has 0 aliphatic carbocycles. The average Bonchev–Trinajstić information content (AvgIpc) is 3.63. The Morgan fingerprint density at radius 2 is 0.655 bits per heavy atom. The molecule has 18 heteroatoms. The van der Waals surface area contributed by atoms with Gasteiger partial charge in [0.15, 0.2) is 7.60 Å². The van der Waals surface area contributed by atoms with Crippen molar-refractivity contribution in [2.45, 2.75) is 193 Å². The Kier molecular flexibility index (Phi) is 54.4. The van der Waals surface area contributed by atoms with Gasteiger partial charge in [0.2, 0.25) is 0 Å². The second-order valence-electron chi connectivity index (χ2n) is 21.2. The summed E-state index contributed by atoms with van der Waals surface area (Å²) in [5, 5.41) is 0. The minimum absolute atomic E-state index is 0. The topological polar surface area (TPSA) is 184 Å². The fourth-order valence-corrected chi connectivity index (χ4v) is 9.99. The first kappa shape index (κ1) is 82.4. The van der Waals surface area contributed by atoms with Crippen molar-refractivity contribution in [1.82, 2.24) is 0 Å². The van der Waals surface area contributed by atoms with Gasteiger partial charge in [-0.2, -0.15) is 0 Å². The molecule has 0 amide bonds. The van der Waals surface area contributed by atoms with Gasteiger partial charge < -0.3 is 66.4 Å². The molecule has 3 aromatic rings. The molecule has 0 aliphatic rings. The quantitative estimate of drug-likeness (QED) is 0.0245. The van der Waals surface area contributed by atoms with Crippen molar-refractivity contribution in [3.8, 4) is 17.2 Å². The minimum atomic E-state index is -4.49. The molecule has 0 heterocycles. The summed E-state index contributed by atoms with van der Waals surface area (Å²) < 4.78 is 74.9. The van der Waals surface area contributed by atoms with Crippen LogP contribution < -0.4 is 83.1 Å². The van der Waals surface area contributed by atoms with Crippen LogP contribution in [0.5, 0.6) is 17.2 Å². The summed E-state index contributed by atoms with van der Waals surface area (Å²) in [7, 11) is -8.57. The van der Waals surface area contributed by atoms with Crippen LogP contribution in [0.2, 0.25) is 0 Å². The van der Waals surface area contributed by atoms with Gasteiger partial charge in [-0.05, 0) is 91.6 Å². The number of aryl methyl sites for hydroxylation is 3. The molecule has 0 aliphatic heterocycles. The van der Waals surface area contributed by atoms with Crippen LogP contribution in [-0.2, 0) is 56.8 Å². The van der Waals surface area contributed by atoms with Gasteiger partial charge >= 0.3 is 59.1 Å². The van der Waals surface area contributed by atoms with Crippen molar-refractivity contribution >= 4 is 15.0 Å². The summed E-state index contributed by atoms with van der Waals surface area (Å²) in [6.07, 6.45) is 31.5. The smallest absolute Gasteiger partial charge is 0.796 e. The summed E-state index contributed by atoms with van der Waals surface area (Å²) in [6.45, 7) is 19.5. The van der Waals surface area contributed by atoms with Gasteiger partial charge in [0.1, 0.15) is 61.7 Å². The van der Waals surface area contributed by atoms with Crippen molar-refractivity contribution in [2.24, 2.45) is 0 Å². The van der Waals surface area contributed by atoms with E-state index in [4.69, 9.17) is 47.5 Å². The van der Waals surface area contributed by atoms with E-state index >= 15 is 0 Å². The third-order valence-electron chi connectivity index (χ3n) is 13.4. The van der Waals surface area contributed by atoms with E-state index in [-0.39, 0.29) is 98.8 Å². The predicted octanol–water partition coefficient (Wildman–Crippen LogP) is 8.92. The van der Waals surface area contributed by atoms with Gasteiger partial charge in [0.25, 0.3) is 0 Å². The Hall–Kier alpha value is -1.62. The first-order chi connectivity index (χ1) is 39.8. The van der Waals surface area contributed by atoms with E-state index in [0.29, 0.717) is 37.1 Å². The SMILES string of the molecule is C=CCOCC(COc1ccc(CCCCCCCCC)cc1)OCP(=O)([O-])COC(COCC=C)COc1ccc(CCCCCCCCC)cc1.C=CCOCC(COc1ccc(CCCCCCCCC)cc1)OCP(=O)([O-])O.[Na+].[Na+]. The molecule has 0 radical (unpaired) electrons. The summed E-state index contributed by atoms with van der Waals surface area (Å²) in [5.41, 5.74) is 3.84. The number of unbranched alkanes of at least 4 members (excludes halogenated alkanes) is 18. The van der Waals surface area contributed by atoms with Gasteiger partial charge in [-0.15, -0.1) is 19.7 Å². The van der Waals surface area contributed by atoms with E-state index in [1.165, 1.54) is 152 Å². The second-order valence-corrected chi connectivity index (χ2v) is 24.8. The van der Waals surface area contributed by atoms with E-state index < -0.39 is 52.3 Å². The van der Waals surface area contributed by atoms with E-state index in [2.05, 4.69) is 76.9 Å². The molecule has 3 rings (SSSR count). The van der Waals surface area contributed by atoms with Gasteiger partial charge in [-0.1, -0.05) is 191 Å². The molecule has 0 saturated carbocycles. The van der Waals surface area contributed by atoms with Crippen LogP contribution in [0.3, 0.4) is 0 Å². The van der Waals surface area contributed by atoms with Crippen LogP contribution in [0.15, 0.2) is 111 Å². The van der Waals surface area contributed by atoms with E-state index in [1.54, 1.807) is 18.2 Å². The molecule has 0 saturated heterocycles. The van der Waals surface area contributed by atoms with Crippen LogP contribution in [0.1, 0.15) is 172 Å². The van der Waals surface area contributed by atoms with Crippen molar-refractivity contribution in [2.75, 3.05) is 78.5 Å². The zero-order valence-corrected chi connectivity index (χ0v) is 58.4. The minimum Gasteiger partial charge on any atom is -0.796 e. The van der Waals surface area contributed by atoms with Crippen molar-refractivity contribution in [1.29, 1.82) is 0 Å². The fourth-order valence-electron chi connectivity index (χ4n) is 8.64. The van der Waals surface area contributed by atoms with Crippen molar-refractivity contribution < 1.29 is 126 Å². The zero-order valence-electron chi connectivity index (χ0n) is 52.6. The van der Waals surface area contributed by atoms with Crippen LogP contribution in [-0.4, -0.2) is 102 Å². The summed E-state index contributed by atoms with van der Waals surface area (Å²) in [6, 6.07) is 24.1. The number of ether oxygens (including phenoxy) is 9. The first-order valence-corrected chi connectivity index (χ1v) is 34.5. The third kappa shape index (κ3) is 47.4. The molecule has 1 N–H and O–H groups in total. The average molecular weight is 1230 g/mol. The number of rotatable bonds is 54. The monoisotopic (exact) mass is 1230 g/mol. The Labute approximate surface area is 552 Å². The maximum atomic E-state index is 13.1. The molecule has 0 spiro atoms. The molecule has 14 nitrogen and oxygen atoms in total. The summed E-state index contributed by atoms with van der Waals surface area (Å²) >= 11 is 0. The Bertz CT molecular complexity index is 2000. The van der Waals surface area contributed by atoms with Gasteiger partial charge in [0, 0.05) is 0 Å². The molecule has 3 aromatic carbocycles. The van der Waals surface area contributed by atoms with Crippen LogP contribution in [0.25, 0.3) is 0 Å². The third-order valence-corrected chi connectivity index (χ3v) is 15.0. The molecule has 0 bridgehead atoms. The molecule has 4 unspecified atom stereocenters. The van der Waals surface area contributed by atoms with Crippen molar-refractivity contribution in [3.05, 3.63) is 127 Å². The van der Waals surface area contributed by atoms with E-state index in [0.717, 1.165) is 19.3 Å². The van der Waals surface area contributed by atoms with Gasteiger partial charge in [-0.3, -0.25) is 0 Å².